The molecule has 2 heterocycles. The smallest absolute Gasteiger partial charge is 0.213 e. The minimum absolute atomic E-state index is 0.0128. The standard InChI is InChI=1S/C19H36N6O3S/c1-14(12-18-15(2)24-25(5)16(18)3)23-19(20-4)21-9-11-29(26,27)22-13-17-8-6-7-10-28-17/h14,17,22H,6-13H2,1-5H3,(H2,20,21,23). The quantitative estimate of drug-likeness (QED) is 0.393. The third-order valence-electron chi connectivity index (χ3n) is 5.24. The van der Waals surface area contributed by atoms with Gasteiger partial charge in [0.1, 0.15) is 0 Å². The highest BCUT2D eigenvalue weighted by atomic mass is 32.2. The van der Waals surface area contributed by atoms with Gasteiger partial charge in [-0.05, 0) is 52.0 Å². The number of nitrogens with zero attached hydrogens (tertiary/aromatic N) is 3. The summed E-state index contributed by atoms with van der Waals surface area (Å²) in [5.74, 6) is 0.567. The largest absolute Gasteiger partial charge is 0.377 e. The number of nitrogens with one attached hydrogen (secondary N) is 3. The van der Waals surface area contributed by atoms with Gasteiger partial charge in [0.05, 0.1) is 17.6 Å². The zero-order valence-electron chi connectivity index (χ0n) is 18.3. The molecule has 10 heteroatoms. The van der Waals surface area contributed by atoms with E-state index in [1.54, 1.807) is 7.05 Å². The summed E-state index contributed by atoms with van der Waals surface area (Å²) in [5, 5.41) is 10.8. The molecule has 2 unspecified atom stereocenters. The summed E-state index contributed by atoms with van der Waals surface area (Å²) < 4.78 is 34.5. The Labute approximate surface area is 174 Å². The number of sulfonamides is 1. The summed E-state index contributed by atoms with van der Waals surface area (Å²) in [6.07, 6.45) is 3.85. The van der Waals surface area contributed by atoms with E-state index in [0.717, 1.165) is 37.1 Å². The van der Waals surface area contributed by atoms with E-state index >= 15 is 0 Å². The van der Waals surface area contributed by atoms with Gasteiger partial charge in [0, 0.05) is 45.5 Å². The molecular weight excluding hydrogens is 392 g/mol. The summed E-state index contributed by atoms with van der Waals surface area (Å²) in [6, 6.07) is 0.126. The van der Waals surface area contributed by atoms with Crippen LogP contribution in [-0.4, -0.2) is 68.8 Å². The predicted molar refractivity (Wildman–Crippen MR) is 116 cm³/mol. The second-order valence-electron chi connectivity index (χ2n) is 7.68. The number of ether oxygens (including phenoxy) is 1. The molecular formula is C19H36N6O3S. The lowest BCUT2D eigenvalue weighted by Gasteiger charge is -2.22. The molecule has 1 aliphatic heterocycles. The molecule has 9 nitrogen and oxygen atoms in total. The van der Waals surface area contributed by atoms with Gasteiger partial charge in [0.15, 0.2) is 5.96 Å². The van der Waals surface area contributed by atoms with E-state index in [9.17, 15) is 8.42 Å². The molecule has 1 aliphatic rings. The third kappa shape index (κ3) is 7.60. The maximum absolute atomic E-state index is 12.2. The second-order valence-corrected chi connectivity index (χ2v) is 9.60. The Bertz CT molecular complexity index is 784. The van der Waals surface area contributed by atoms with Crippen molar-refractivity contribution in [3.05, 3.63) is 17.0 Å². The van der Waals surface area contributed by atoms with Gasteiger partial charge in [0.2, 0.25) is 10.0 Å². The van der Waals surface area contributed by atoms with Gasteiger partial charge in [-0.15, -0.1) is 0 Å². The Morgan fingerprint density at radius 2 is 2.14 bits per heavy atom. The number of hydrogen-bond acceptors (Lipinski definition) is 5. The van der Waals surface area contributed by atoms with Crippen molar-refractivity contribution in [1.82, 2.24) is 25.1 Å². The fourth-order valence-electron chi connectivity index (χ4n) is 3.46. The number of aliphatic imine (C=N–C) groups is 1. The maximum atomic E-state index is 12.2. The number of aryl methyl sites for hydroxylation is 2. The Balaban J connectivity index is 1.74. The van der Waals surface area contributed by atoms with Crippen LogP contribution in [-0.2, 0) is 28.2 Å². The fourth-order valence-corrected chi connectivity index (χ4v) is 4.42. The van der Waals surface area contributed by atoms with E-state index in [1.165, 1.54) is 5.56 Å². The number of guanidine groups is 1. The van der Waals surface area contributed by atoms with Gasteiger partial charge >= 0.3 is 0 Å². The van der Waals surface area contributed by atoms with Crippen molar-refractivity contribution in [2.75, 3.05) is 32.5 Å². The van der Waals surface area contributed by atoms with E-state index in [1.807, 2.05) is 18.7 Å². The van der Waals surface area contributed by atoms with Crippen molar-refractivity contribution in [2.24, 2.45) is 12.0 Å². The topological polar surface area (TPSA) is 110 Å². The Morgan fingerprint density at radius 3 is 2.72 bits per heavy atom. The fraction of sp³-hybridized carbons (Fsp3) is 0.789. The number of hydrogen-bond donors (Lipinski definition) is 3. The molecule has 0 aliphatic carbocycles. The Hall–Kier alpha value is -1.65. The predicted octanol–water partition coefficient (Wildman–Crippen LogP) is 0.621. The zero-order valence-corrected chi connectivity index (χ0v) is 19.1. The van der Waals surface area contributed by atoms with Gasteiger partial charge in [-0.1, -0.05) is 0 Å². The van der Waals surface area contributed by atoms with E-state index < -0.39 is 10.0 Å². The van der Waals surface area contributed by atoms with Gasteiger partial charge in [-0.3, -0.25) is 9.67 Å². The highest BCUT2D eigenvalue weighted by Gasteiger charge is 2.18. The van der Waals surface area contributed by atoms with Crippen LogP contribution in [0.2, 0.25) is 0 Å². The van der Waals surface area contributed by atoms with E-state index in [2.05, 4.69) is 39.3 Å². The van der Waals surface area contributed by atoms with Gasteiger partial charge in [0.25, 0.3) is 0 Å². The van der Waals surface area contributed by atoms with Crippen LogP contribution in [0.4, 0.5) is 0 Å². The van der Waals surface area contributed by atoms with Crippen LogP contribution in [0.5, 0.6) is 0 Å². The summed E-state index contributed by atoms with van der Waals surface area (Å²) in [4.78, 5) is 4.20. The summed E-state index contributed by atoms with van der Waals surface area (Å²) in [6.45, 7) is 7.48. The molecule has 0 aromatic carbocycles. The summed E-state index contributed by atoms with van der Waals surface area (Å²) in [5.41, 5.74) is 3.40. The van der Waals surface area contributed by atoms with Crippen molar-refractivity contribution in [3.8, 4) is 0 Å². The first-order valence-corrected chi connectivity index (χ1v) is 11.9. The van der Waals surface area contributed by atoms with Crippen LogP contribution in [0.15, 0.2) is 4.99 Å². The SMILES string of the molecule is CN=C(NCCS(=O)(=O)NCC1CCCCO1)NC(C)Cc1c(C)nn(C)c1C. The minimum Gasteiger partial charge on any atom is -0.377 e. The maximum Gasteiger partial charge on any atom is 0.213 e. The first kappa shape index (κ1) is 23.6. The first-order chi connectivity index (χ1) is 13.7. The van der Waals surface area contributed by atoms with E-state index in [0.29, 0.717) is 19.1 Å². The zero-order chi connectivity index (χ0) is 21.4. The number of aromatic nitrogens is 2. The summed E-state index contributed by atoms with van der Waals surface area (Å²) in [7, 11) is 0.263. The molecule has 0 radical (unpaired) electrons. The first-order valence-electron chi connectivity index (χ1n) is 10.3. The normalized spacial score (nSPS) is 19.2. The van der Waals surface area contributed by atoms with Gasteiger partial charge in [-0.2, -0.15) is 5.10 Å². The van der Waals surface area contributed by atoms with Crippen molar-refractivity contribution >= 4 is 16.0 Å². The Kier molecular flexibility index (Phi) is 8.91. The lowest BCUT2D eigenvalue weighted by atomic mass is 10.1. The molecule has 1 saturated heterocycles. The molecule has 1 aromatic rings. The van der Waals surface area contributed by atoms with Gasteiger partial charge in [-0.25, -0.2) is 13.1 Å². The molecule has 2 atom stereocenters. The van der Waals surface area contributed by atoms with Gasteiger partial charge < -0.3 is 15.4 Å². The van der Waals surface area contributed by atoms with Crippen molar-refractivity contribution in [1.29, 1.82) is 0 Å². The lowest BCUT2D eigenvalue weighted by Crippen LogP contribution is -2.45. The van der Waals surface area contributed by atoms with Crippen LogP contribution in [0.3, 0.4) is 0 Å². The average Bonchev–Trinajstić information content (AvgIpc) is 2.92. The highest BCUT2D eigenvalue weighted by molar-refractivity contribution is 7.89. The van der Waals surface area contributed by atoms with Crippen molar-refractivity contribution in [2.45, 2.75) is 58.6 Å². The third-order valence-corrected chi connectivity index (χ3v) is 6.59. The van der Waals surface area contributed by atoms with Crippen LogP contribution in [0.25, 0.3) is 0 Å². The van der Waals surface area contributed by atoms with E-state index in [4.69, 9.17) is 4.74 Å². The van der Waals surface area contributed by atoms with Crippen molar-refractivity contribution < 1.29 is 13.2 Å². The van der Waals surface area contributed by atoms with Crippen LogP contribution >= 0.6 is 0 Å². The van der Waals surface area contributed by atoms with Crippen molar-refractivity contribution in [3.63, 3.8) is 0 Å². The van der Waals surface area contributed by atoms with Crippen LogP contribution in [0.1, 0.15) is 43.1 Å². The molecule has 0 spiro atoms. The average molecular weight is 429 g/mol. The molecule has 29 heavy (non-hydrogen) atoms. The molecule has 1 aromatic heterocycles. The summed E-state index contributed by atoms with van der Waals surface area (Å²) >= 11 is 0. The molecule has 2 rings (SSSR count). The molecule has 0 saturated carbocycles. The monoisotopic (exact) mass is 428 g/mol. The second kappa shape index (κ2) is 10.9. The number of rotatable bonds is 9. The lowest BCUT2D eigenvalue weighted by molar-refractivity contribution is 0.0200. The highest BCUT2D eigenvalue weighted by Crippen LogP contribution is 2.14. The molecule has 1 fully saturated rings. The van der Waals surface area contributed by atoms with Crippen LogP contribution < -0.4 is 15.4 Å². The minimum atomic E-state index is -3.36. The molecule has 3 N–H and O–H groups in total. The van der Waals surface area contributed by atoms with E-state index in [-0.39, 0.29) is 24.4 Å². The van der Waals surface area contributed by atoms with Crippen LogP contribution in [0, 0.1) is 13.8 Å². The molecule has 0 bridgehead atoms. The Morgan fingerprint density at radius 1 is 1.38 bits per heavy atom. The molecule has 0 amide bonds. The molecule has 166 valence electrons.